The molecule has 0 radical (unpaired) electrons. The number of hydrogen-bond acceptors (Lipinski definition) is 3. The molecule has 0 saturated carbocycles. The van der Waals surface area contributed by atoms with Gasteiger partial charge in [0.25, 0.3) is 5.91 Å². The van der Waals surface area contributed by atoms with Crippen LogP contribution in [-0.2, 0) is 11.0 Å². The maximum Gasteiger partial charge on any atom is 0.418 e. The smallest absolute Gasteiger partial charge is 0.325 e. The minimum absolute atomic E-state index is 0.0890. The topological polar surface area (TPSA) is 58.2 Å². The van der Waals surface area contributed by atoms with Crippen molar-refractivity contribution < 1.29 is 22.8 Å². The van der Waals surface area contributed by atoms with E-state index in [-0.39, 0.29) is 17.3 Å². The van der Waals surface area contributed by atoms with E-state index < -0.39 is 17.6 Å². The van der Waals surface area contributed by atoms with Crippen LogP contribution in [0.4, 0.5) is 24.5 Å². The number of amides is 2. The largest absolute Gasteiger partial charge is 0.418 e. The Morgan fingerprint density at radius 3 is 2.29 bits per heavy atom. The molecule has 4 aromatic rings. The van der Waals surface area contributed by atoms with Gasteiger partial charge in [0.1, 0.15) is 0 Å². The molecule has 0 aliphatic carbocycles. The van der Waals surface area contributed by atoms with Crippen molar-refractivity contribution in [3.8, 4) is 0 Å². The lowest BCUT2D eigenvalue weighted by Gasteiger charge is -2.13. The molecule has 4 aromatic carbocycles. The van der Waals surface area contributed by atoms with Crippen molar-refractivity contribution in [1.29, 1.82) is 0 Å². The highest BCUT2D eigenvalue weighted by atomic mass is 32.2. The molecule has 0 fully saturated rings. The SMILES string of the molecule is O=C(CSc1cccc(NC(=O)c2ccc3ccccc3c2)c1)Nc1ccccc1C(F)(F)F. The van der Waals surface area contributed by atoms with Gasteiger partial charge in [-0.15, -0.1) is 11.8 Å². The average Bonchev–Trinajstić information content (AvgIpc) is 2.82. The van der Waals surface area contributed by atoms with Crippen LogP contribution < -0.4 is 10.6 Å². The maximum atomic E-state index is 13.1. The number of thioether (sulfide) groups is 1. The molecule has 2 amide bonds. The van der Waals surface area contributed by atoms with Crippen LogP contribution in [0.2, 0.25) is 0 Å². The number of carbonyl (C=O) groups is 2. The van der Waals surface area contributed by atoms with E-state index in [4.69, 9.17) is 0 Å². The molecule has 0 aliphatic rings. The van der Waals surface area contributed by atoms with Crippen LogP contribution in [0.15, 0.2) is 95.9 Å². The molecule has 0 unspecified atom stereocenters. The Balaban J connectivity index is 1.38. The fourth-order valence-electron chi connectivity index (χ4n) is 3.37. The van der Waals surface area contributed by atoms with Gasteiger partial charge in [0.15, 0.2) is 0 Å². The molecule has 4 nitrogen and oxygen atoms in total. The fourth-order valence-corrected chi connectivity index (χ4v) is 4.13. The highest BCUT2D eigenvalue weighted by molar-refractivity contribution is 8.00. The fraction of sp³-hybridized carbons (Fsp3) is 0.0769. The molecule has 0 atom stereocenters. The Hall–Kier alpha value is -3.78. The molecule has 0 heterocycles. The molecule has 0 aromatic heterocycles. The van der Waals surface area contributed by atoms with Crippen LogP contribution >= 0.6 is 11.8 Å². The summed E-state index contributed by atoms with van der Waals surface area (Å²) in [5, 5.41) is 7.15. The van der Waals surface area contributed by atoms with E-state index in [1.54, 1.807) is 30.3 Å². The Morgan fingerprint density at radius 2 is 1.50 bits per heavy atom. The zero-order chi connectivity index (χ0) is 24.1. The number of benzene rings is 4. The van der Waals surface area contributed by atoms with Crippen molar-refractivity contribution in [1.82, 2.24) is 0 Å². The average molecular weight is 481 g/mol. The van der Waals surface area contributed by atoms with Crippen molar-refractivity contribution in [2.45, 2.75) is 11.1 Å². The number of hydrogen-bond donors (Lipinski definition) is 2. The summed E-state index contributed by atoms with van der Waals surface area (Å²) in [6.45, 7) is 0. The molecule has 0 spiro atoms. The number of halogens is 3. The van der Waals surface area contributed by atoms with Gasteiger partial charge < -0.3 is 10.6 Å². The zero-order valence-electron chi connectivity index (χ0n) is 17.7. The predicted octanol–water partition coefficient (Wildman–Crippen LogP) is 6.84. The number of anilines is 2. The molecular formula is C26H19F3N2O2S. The predicted molar refractivity (Wildman–Crippen MR) is 129 cm³/mol. The first-order valence-electron chi connectivity index (χ1n) is 10.3. The first-order valence-corrected chi connectivity index (χ1v) is 11.3. The number of nitrogens with one attached hydrogen (secondary N) is 2. The summed E-state index contributed by atoms with van der Waals surface area (Å²) in [5.74, 6) is -0.921. The maximum absolute atomic E-state index is 13.1. The molecule has 8 heteroatoms. The van der Waals surface area contributed by atoms with Gasteiger partial charge >= 0.3 is 6.18 Å². The number of carbonyl (C=O) groups excluding carboxylic acids is 2. The van der Waals surface area contributed by atoms with Crippen molar-refractivity contribution in [2.75, 3.05) is 16.4 Å². The van der Waals surface area contributed by atoms with Crippen molar-refractivity contribution in [3.63, 3.8) is 0 Å². The van der Waals surface area contributed by atoms with Crippen LogP contribution in [0.5, 0.6) is 0 Å². The number of para-hydroxylation sites is 1. The van der Waals surface area contributed by atoms with E-state index in [1.165, 1.54) is 18.2 Å². The Morgan fingerprint density at radius 1 is 0.765 bits per heavy atom. The summed E-state index contributed by atoms with van der Waals surface area (Å²) in [6.07, 6.45) is -4.56. The Bertz CT molecular complexity index is 1360. The summed E-state index contributed by atoms with van der Waals surface area (Å²) in [5.41, 5.74) is -0.116. The van der Waals surface area contributed by atoms with Gasteiger partial charge in [-0.05, 0) is 53.2 Å². The molecule has 0 bridgehead atoms. The van der Waals surface area contributed by atoms with E-state index in [0.717, 1.165) is 28.6 Å². The Labute approximate surface area is 198 Å². The zero-order valence-corrected chi connectivity index (χ0v) is 18.5. The first kappa shape index (κ1) is 23.4. The second-order valence-electron chi connectivity index (χ2n) is 7.42. The van der Waals surface area contributed by atoms with Gasteiger partial charge in [-0.25, -0.2) is 0 Å². The summed E-state index contributed by atoms with van der Waals surface area (Å²) in [4.78, 5) is 25.6. The van der Waals surface area contributed by atoms with Crippen LogP contribution in [-0.4, -0.2) is 17.6 Å². The Kier molecular flexibility index (Phi) is 6.88. The number of fused-ring (bicyclic) bond motifs is 1. The van der Waals surface area contributed by atoms with Crippen molar-refractivity contribution in [2.24, 2.45) is 0 Å². The van der Waals surface area contributed by atoms with Crippen LogP contribution in [0.3, 0.4) is 0 Å². The molecular weight excluding hydrogens is 461 g/mol. The first-order chi connectivity index (χ1) is 16.3. The lowest BCUT2D eigenvalue weighted by Crippen LogP contribution is -2.18. The van der Waals surface area contributed by atoms with Gasteiger partial charge in [-0.1, -0.05) is 48.5 Å². The quantitative estimate of drug-likeness (QED) is 0.297. The molecule has 4 rings (SSSR count). The lowest BCUT2D eigenvalue weighted by molar-refractivity contribution is -0.137. The normalized spacial score (nSPS) is 11.3. The lowest BCUT2D eigenvalue weighted by atomic mass is 10.1. The summed E-state index contributed by atoms with van der Waals surface area (Å²) < 4.78 is 39.3. The third-order valence-electron chi connectivity index (χ3n) is 4.98. The molecule has 34 heavy (non-hydrogen) atoms. The molecule has 172 valence electrons. The van der Waals surface area contributed by atoms with Gasteiger partial charge in [0.2, 0.25) is 5.91 Å². The van der Waals surface area contributed by atoms with Gasteiger partial charge in [-0.2, -0.15) is 13.2 Å². The number of alkyl halides is 3. The van der Waals surface area contributed by atoms with E-state index in [1.807, 2.05) is 36.4 Å². The van der Waals surface area contributed by atoms with Gasteiger partial charge in [-0.3, -0.25) is 9.59 Å². The minimum atomic E-state index is -4.56. The van der Waals surface area contributed by atoms with Crippen molar-refractivity contribution >= 4 is 45.7 Å². The highest BCUT2D eigenvalue weighted by Crippen LogP contribution is 2.34. The van der Waals surface area contributed by atoms with Crippen LogP contribution in [0.1, 0.15) is 15.9 Å². The van der Waals surface area contributed by atoms with Crippen LogP contribution in [0, 0.1) is 0 Å². The molecule has 0 aliphatic heterocycles. The van der Waals surface area contributed by atoms with Gasteiger partial charge in [0, 0.05) is 16.1 Å². The van der Waals surface area contributed by atoms with E-state index >= 15 is 0 Å². The van der Waals surface area contributed by atoms with E-state index in [0.29, 0.717) is 16.1 Å². The summed E-state index contributed by atoms with van der Waals surface area (Å²) in [7, 11) is 0. The van der Waals surface area contributed by atoms with Crippen LogP contribution in [0.25, 0.3) is 10.8 Å². The second kappa shape index (κ2) is 10.0. The third-order valence-corrected chi connectivity index (χ3v) is 5.97. The number of rotatable bonds is 6. The second-order valence-corrected chi connectivity index (χ2v) is 8.47. The van der Waals surface area contributed by atoms with E-state index in [9.17, 15) is 22.8 Å². The standard InChI is InChI=1S/C26H19F3N2O2S/c27-26(28,29)22-10-3-4-11-23(22)31-24(32)16-34-21-9-5-8-20(15-21)30-25(33)19-13-12-17-6-1-2-7-18(17)14-19/h1-15H,16H2,(H,30,33)(H,31,32). The van der Waals surface area contributed by atoms with Gasteiger partial charge in [0.05, 0.1) is 17.0 Å². The molecule has 0 saturated heterocycles. The summed E-state index contributed by atoms with van der Waals surface area (Å²) >= 11 is 1.16. The van der Waals surface area contributed by atoms with E-state index in [2.05, 4.69) is 10.6 Å². The highest BCUT2D eigenvalue weighted by Gasteiger charge is 2.33. The minimum Gasteiger partial charge on any atom is -0.325 e. The third kappa shape index (κ3) is 5.77. The monoisotopic (exact) mass is 480 g/mol. The van der Waals surface area contributed by atoms with Crippen molar-refractivity contribution in [3.05, 3.63) is 102 Å². The summed E-state index contributed by atoms with van der Waals surface area (Å²) in [6, 6.07) is 24.9. The molecule has 2 N–H and O–H groups in total.